The Hall–Kier alpha value is -0.610. The molecule has 1 saturated heterocycles. The molecule has 0 unspecified atom stereocenters. The summed E-state index contributed by atoms with van der Waals surface area (Å²) in [5.74, 6) is -2.69. The van der Waals surface area contributed by atoms with Gasteiger partial charge in [0.15, 0.2) is 0 Å². The fourth-order valence-electron chi connectivity index (χ4n) is 1.57. The molecule has 1 aliphatic rings. The van der Waals surface area contributed by atoms with E-state index in [2.05, 4.69) is 0 Å². The molecule has 1 aromatic carbocycles. The van der Waals surface area contributed by atoms with Gasteiger partial charge in [-0.3, -0.25) is 0 Å². The second-order valence-corrected chi connectivity index (χ2v) is 4.29. The van der Waals surface area contributed by atoms with E-state index in [1.54, 1.807) is 0 Å². The Kier molecular flexibility index (Phi) is 1.39. The largest absolute Gasteiger partial charge is 0.361 e. The lowest BCUT2D eigenvalue weighted by Crippen LogP contribution is -2.63. The van der Waals surface area contributed by atoms with Gasteiger partial charge in [-0.1, -0.05) is 23.7 Å². The van der Waals surface area contributed by atoms with Gasteiger partial charge in [-0.05, 0) is 32.8 Å². The lowest BCUT2D eigenvalue weighted by Gasteiger charge is -2.46. The first-order valence-corrected chi connectivity index (χ1v) is 5.27. The van der Waals surface area contributed by atoms with Gasteiger partial charge in [0.2, 0.25) is 5.79 Å². The van der Waals surface area contributed by atoms with Crippen molar-refractivity contribution in [3.63, 3.8) is 0 Å². The lowest BCUT2D eigenvalue weighted by molar-refractivity contribution is -0.263. The Morgan fingerprint density at radius 1 is 1.59 bits per heavy atom. The van der Waals surface area contributed by atoms with Crippen molar-refractivity contribution >= 4 is 11.6 Å². The Morgan fingerprint density at radius 3 is 2.82 bits per heavy atom. The molecule has 0 aliphatic carbocycles. The number of ether oxygens (including phenoxy) is 1. The van der Waals surface area contributed by atoms with Crippen LogP contribution in [0.2, 0.25) is 5.02 Å². The Balaban J connectivity index is 2.70. The van der Waals surface area contributed by atoms with Gasteiger partial charge in [0.05, 0.1) is 16.7 Å². The highest BCUT2D eigenvalue weighted by molar-refractivity contribution is 6.30. The van der Waals surface area contributed by atoms with Crippen LogP contribution < -0.4 is 5.32 Å². The molecule has 1 heterocycles. The van der Waals surface area contributed by atoms with E-state index in [1.807, 2.05) is 5.32 Å². The number of morpholine rings is 1. The van der Waals surface area contributed by atoms with Crippen LogP contribution in [-0.4, -0.2) is 23.2 Å². The van der Waals surface area contributed by atoms with Gasteiger partial charge in [0.25, 0.3) is 0 Å². The van der Waals surface area contributed by atoms with Gasteiger partial charge in [0, 0.05) is 24.3 Å². The number of rotatable bonds is 1. The van der Waals surface area contributed by atoms with Crippen LogP contribution in [0.25, 0.3) is 0 Å². The van der Waals surface area contributed by atoms with Crippen LogP contribution in [0.5, 0.6) is 0 Å². The minimum Gasteiger partial charge on any atom is -0.361 e. The number of hydrogen-bond donors (Lipinski definition) is 2. The van der Waals surface area contributed by atoms with Crippen LogP contribution in [0.15, 0.2) is 24.3 Å². The zero-order valence-electron chi connectivity index (χ0n) is 18.0. The summed E-state index contributed by atoms with van der Waals surface area (Å²) in [5, 5.41) is 13.3. The molecule has 2 N–H and O–H groups in total. The van der Waals surface area contributed by atoms with Gasteiger partial charge in [0.1, 0.15) is 0 Å². The quantitative estimate of drug-likeness (QED) is 0.818. The van der Waals surface area contributed by atoms with Crippen LogP contribution in [0.1, 0.15) is 38.5 Å². The highest BCUT2D eigenvalue weighted by atomic mass is 35.5. The van der Waals surface area contributed by atoms with Crippen molar-refractivity contribution in [1.82, 2.24) is 5.32 Å². The molecule has 0 radical (unpaired) electrons. The molecule has 94 valence electrons. The molecule has 17 heavy (non-hydrogen) atoms. The minimum absolute atomic E-state index is 0.0968. The Labute approximate surface area is 119 Å². The van der Waals surface area contributed by atoms with Crippen molar-refractivity contribution in [3.05, 3.63) is 34.9 Å². The molecule has 0 spiro atoms. The van der Waals surface area contributed by atoms with E-state index in [1.165, 1.54) is 24.3 Å². The summed E-state index contributed by atoms with van der Waals surface area (Å²) in [7, 11) is 0. The average molecular weight is 265 g/mol. The molecule has 0 bridgehead atoms. The lowest BCUT2D eigenvalue weighted by atomic mass is 9.93. The first-order valence-electron chi connectivity index (χ1n) is 9.39. The summed E-state index contributed by atoms with van der Waals surface area (Å²) in [6.07, 6.45) is 0. The number of nitrogens with one attached hydrogen (secondary N) is 1. The third kappa shape index (κ3) is 2.47. The van der Waals surface area contributed by atoms with Crippen LogP contribution >= 0.6 is 11.6 Å². The van der Waals surface area contributed by atoms with Crippen molar-refractivity contribution in [2.24, 2.45) is 0 Å². The minimum atomic E-state index is -3.43. The number of aliphatic hydroxyl groups is 1. The van der Waals surface area contributed by atoms with Crippen molar-refractivity contribution in [2.45, 2.75) is 38.0 Å². The van der Waals surface area contributed by atoms with Crippen LogP contribution in [0.3, 0.4) is 0 Å². The summed E-state index contributed by atoms with van der Waals surface area (Å²) in [4.78, 5) is 0. The third-order valence-corrected chi connectivity index (χ3v) is 2.72. The van der Waals surface area contributed by atoms with Gasteiger partial charge < -0.3 is 15.2 Å². The summed E-state index contributed by atoms with van der Waals surface area (Å²) in [6, 6.07) is 2.82. The smallest absolute Gasteiger partial charge is 0.208 e. The summed E-state index contributed by atoms with van der Waals surface area (Å²) in [5.41, 5.74) is -3.34. The standard InChI is InChI=1S/C13H18ClNO2/c1-9-13(16,17-8-12(2,3)15-9)10-4-6-11(14)7-5-10/h4-7,9,15-16H,8H2,1-3H3/t9-,13+/m0/s1/i2D3,3D3,8D2,9D. The maximum atomic E-state index is 10.9. The SMILES string of the molecule is [2H]C([2H])([2H])C1(C([2H])([2H])[2H])N[C@@]([2H])(C)[C@](O)(c2ccc(Cl)cc2)OC1([2H])[2H]. The van der Waals surface area contributed by atoms with Crippen molar-refractivity contribution < 1.29 is 22.2 Å². The molecule has 1 aliphatic heterocycles. The molecule has 4 heteroatoms. The van der Waals surface area contributed by atoms with E-state index < -0.39 is 37.6 Å². The fraction of sp³-hybridized carbons (Fsp3) is 0.538. The van der Waals surface area contributed by atoms with Crippen LogP contribution in [0, 0.1) is 0 Å². The molecule has 0 aromatic heterocycles. The van der Waals surface area contributed by atoms with Crippen molar-refractivity contribution in [3.8, 4) is 0 Å². The van der Waals surface area contributed by atoms with Crippen molar-refractivity contribution in [1.29, 1.82) is 0 Å². The predicted molar refractivity (Wildman–Crippen MR) is 68.0 cm³/mol. The molecular formula is C13H18ClNO2. The molecular weight excluding hydrogens is 238 g/mol. The fourth-order valence-corrected chi connectivity index (χ4v) is 1.70. The first kappa shape index (κ1) is 5.57. The van der Waals surface area contributed by atoms with Gasteiger partial charge in [-0.25, -0.2) is 0 Å². The summed E-state index contributed by atoms with van der Waals surface area (Å²) in [6.45, 7) is -9.24. The van der Waals surface area contributed by atoms with E-state index in [0.717, 1.165) is 6.92 Å². The molecule has 1 aromatic rings. The van der Waals surface area contributed by atoms with E-state index in [0.29, 0.717) is 5.02 Å². The van der Waals surface area contributed by atoms with E-state index in [9.17, 15) is 5.11 Å². The molecule has 1 fully saturated rings. The molecule has 3 nitrogen and oxygen atoms in total. The normalized spacial score (nSPS) is 49.0. The average Bonchev–Trinajstić information content (AvgIpc) is 2.40. The van der Waals surface area contributed by atoms with Crippen LogP contribution in [0.4, 0.5) is 0 Å². The van der Waals surface area contributed by atoms with Crippen LogP contribution in [-0.2, 0) is 10.5 Å². The third-order valence-electron chi connectivity index (χ3n) is 2.47. The second-order valence-electron chi connectivity index (χ2n) is 3.86. The number of halogens is 1. The maximum Gasteiger partial charge on any atom is 0.208 e. The zero-order chi connectivity index (χ0) is 20.4. The van der Waals surface area contributed by atoms with E-state index in [4.69, 9.17) is 28.7 Å². The number of hydrogen-bond acceptors (Lipinski definition) is 3. The van der Waals surface area contributed by atoms with Gasteiger partial charge in [-0.15, -0.1) is 0 Å². The highest BCUT2D eigenvalue weighted by Gasteiger charge is 2.44. The van der Waals surface area contributed by atoms with Gasteiger partial charge in [-0.2, -0.15) is 0 Å². The topological polar surface area (TPSA) is 41.5 Å². The Bertz CT molecular complexity index is 672. The molecule has 0 amide bonds. The van der Waals surface area contributed by atoms with E-state index >= 15 is 0 Å². The summed E-state index contributed by atoms with van der Waals surface area (Å²) < 4.78 is 75.3. The van der Waals surface area contributed by atoms with Gasteiger partial charge >= 0.3 is 0 Å². The second kappa shape index (κ2) is 4.25. The van der Waals surface area contributed by atoms with E-state index in [-0.39, 0.29) is 5.56 Å². The highest BCUT2D eigenvalue weighted by Crippen LogP contribution is 2.33. The monoisotopic (exact) mass is 264 g/mol. The first-order chi connectivity index (χ1) is 11.4. The van der Waals surface area contributed by atoms with Crippen molar-refractivity contribution in [2.75, 3.05) is 6.56 Å². The molecule has 2 rings (SSSR count). The Morgan fingerprint density at radius 2 is 2.24 bits per heavy atom. The molecule has 0 saturated carbocycles. The predicted octanol–water partition coefficient (Wildman–Crippen LogP) is 2.27. The zero-order valence-corrected chi connectivity index (χ0v) is 9.80. The number of benzene rings is 1. The maximum absolute atomic E-state index is 10.9. The summed E-state index contributed by atoms with van der Waals surface area (Å²) >= 11 is 5.78. The molecule has 2 atom stereocenters.